The lowest BCUT2D eigenvalue weighted by Crippen LogP contribution is -2.44. The van der Waals surface area contributed by atoms with E-state index in [0.717, 1.165) is 69.4 Å². The largest absolute Gasteiger partial charge is 0.360 e. The van der Waals surface area contributed by atoms with Crippen LogP contribution in [0.25, 0.3) is 32.0 Å². The van der Waals surface area contributed by atoms with Crippen molar-refractivity contribution in [1.29, 1.82) is 0 Å². The summed E-state index contributed by atoms with van der Waals surface area (Å²) < 4.78 is 7.33. The average molecular weight is 550 g/mol. The normalized spacial score (nSPS) is 15.2. The molecule has 1 fully saturated rings. The maximum absolute atomic E-state index is 13.0. The monoisotopic (exact) mass is 549 g/mol. The van der Waals surface area contributed by atoms with Gasteiger partial charge < -0.3 is 15.0 Å². The topological polar surface area (TPSA) is 80.2 Å². The predicted molar refractivity (Wildman–Crippen MR) is 155 cm³/mol. The van der Waals surface area contributed by atoms with E-state index < -0.39 is 11.7 Å². The Labute approximate surface area is 232 Å². The highest BCUT2D eigenvalue weighted by Crippen LogP contribution is 2.44. The van der Waals surface area contributed by atoms with Crippen LogP contribution in [0.15, 0.2) is 42.6 Å². The predicted octanol–water partition coefficient (Wildman–Crippen LogP) is 6.24. The Morgan fingerprint density at radius 1 is 1.13 bits per heavy atom. The lowest BCUT2D eigenvalue weighted by molar-refractivity contribution is -0.138. The van der Waals surface area contributed by atoms with Crippen molar-refractivity contribution in [3.63, 3.8) is 0 Å². The summed E-state index contributed by atoms with van der Waals surface area (Å²) in [6.07, 6.45) is 1.08. The molecule has 0 aliphatic carbocycles. The molecule has 4 aromatic rings. The van der Waals surface area contributed by atoms with E-state index in [-0.39, 0.29) is 5.78 Å². The second-order valence-electron chi connectivity index (χ2n) is 10.6. The van der Waals surface area contributed by atoms with Gasteiger partial charge in [0.25, 0.3) is 0 Å². The van der Waals surface area contributed by atoms with Crippen molar-refractivity contribution in [2.24, 2.45) is 0 Å². The van der Waals surface area contributed by atoms with E-state index in [1.807, 2.05) is 64.1 Å². The molecule has 2 aromatic carbocycles. The highest BCUT2D eigenvalue weighted by Gasteiger charge is 2.30. The number of benzene rings is 2. The van der Waals surface area contributed by atoms with Crippen LogP contribution in [0.1, 0.15) is 44.9 Å². The van der Waals surface area contributed by atoms with Gasteiger partial charge in [-0.25, -0.2) is 15.0 Å². The zero-order valence-electron chi connectivity index (χ0n) is 22.3. The minimum absolute atomic E-state index is 0.0428. The Morgan fingerprint density at radius 3 is 2.50 bits per heavy atom. The van der Waals surface area contributed by atoms with E-state index in [2.05, 4.69) is 15.2 Å². The summed E-state index contributed by atoms with van der Waals surface area (Å²) in [5.41, 5.74) is 4.86. The van der Waals surface area contributed by atoms with Crippen LogP contribution in [0, 0.1) is 6.92 Å². The van der Waals surface area contributed by atoms with Gasteiger partial charge in [-0.15, -0.1) is 11.3 Å². The van der Waals surface area contributed by atoms with Gasteiger partial charge in [-0.3, -0.25) is 4.79 Å². The fourth-order valence-corrected chi connectivity index (χ4v) is 5.97. The van der Waals surface area contributed by atoms with Crippen LogP contribution in [0.2, 0.25) is 5.02 Å². The first-order chi connectivity index (χ1) is 18.1. The first-order valence-corrected chi connectivity index (χ1v) is 14.0. The lowest BCUT2D eigenvalue weighted by atomic mass is 9.90. The van der Waals surface area contributed by atoms with Crippen molar-refractivity contribution in [3.8, 4) is 21.8 Å². The molecule has 1 aliphatic heterocycles. The van der Waals surface area contributed by atoms with Crippen molar-refractivity contribution in [1.82, 2.24) is 20.3 Å². The molecule has 198 valence electrons. The zero-order chi connectivity index (χ0) is 27.0. The molecule has 1 N–H and O–H groups in total. The number of piperazine rings is 1. The summed E-state index contributed by atoms with van der Waals surface area (Å²) in [6.45, 7) is 13.1. The van der Waals surface area contributed by atoms with Crippen molar-refractivity contribution in [2.45, 2.75) is 46.3 Å². The molecule has 1 atom stereocenters. The number of rotatable bonds is 6. The van der Waals surface area contributed by atoms with Crippen LogP contribution in [0.3, 0.4) is 0 Å². The Kier molecular flexibility index (Phi) is 7.51. The third-order valence-electron chi connectivity index (χ3n) is 6.43. The quantitative estimate of drug-likeness (QED) is 0.305. The number of fused-ring (bicyclic) bond motifs is 1. The Bertz CT molecular complexity index is 1470. The molecule has 9 heteroatoms. The SMILES string of the molecule is CC(=O)[C@@H](OC(C)(C)C)c1c(C)cc2nc(-c3ccnc(N4CCNCC4)n3)sc2c1-c1ccc(Cl)cc1. The van der Waals surface area contributed by atoms with Crippen molar-refractivity contribution in [3.05, 3.63) is 58.7 Å². The average Bonchev–Trinajstić information content (AvgIpc) is 3.31. The maximum atomic E-state index is 13.0. The molecular formula is C29H32ClN5O2S. The molecule has 1 aliphatic rings. The number of aryl methyl sites for hydroxylation is 1. The fraction of sp³-hybridized carbons (Fsp3) is 0.379. The number of halogens is 1. The van der Waals surface area contributed by atoms with E-state index in [4.69, 9.17) is 26.3 Å². The fourth-order valence-electron chi connectivity index (χ4n) is 4.75. The van der Waals surface area contributed by atoms with Crippen LogP contribution in [-0.4, -0.2) is 52.5 Å². The summed E-state index contributed by atoms with van der Waals surface area (Å²) in [6, 6.07) is 11.7. The second kappa shape index (κ2) is 10.7. The number of carbonyl (C=O) groups is 1. The van der Waals surface area contributed by atoms with Crippen molar-refractivity contribution in [2.75, 3.05) is 31.1 Å². The van der Waals surface area contributed by atoms with Gasteiger partial charge in [0.15, 0.2) is 5.78 Å². The van der Waals surface area contributed by atoms with Gasteiger partial charge in [-0.1, -0.05) is 23.7 Å². The van der Waals surface area contributed by atoms with Gasteiger partial charge in [0.05, 0.1) is 15.8 Å². The van der Waals surface area contributed by atoms with E-state index in [0.29, 0.717) is 11.0 Å². The third-order valence-corrected chi connectivity index (χ3v) is 7.79. The molecule has 3 heterocycles. The highest BCUT2D eigenvalue weighted by atomic mass is 35.5. The van der Waals surface area contributed by atoms with E-state index in [1.165, 1.54) is 0 Å². The Balaban J connectivity index is 1.70. The first-order valence-electron chi connectivity index (χ1n) is 12.8. The molecule has 2 aromatic heterocycles. The molecule has 0 bridgehead atoms. The van der Waals surface area contributed by atoms with Gasteiger partial charge in [0.1, 0.15) is 16.8 Å². The van der Waals surface area contributed by atoms with Crippen LogP contribution in [0.4, 0.5) is 5.95 Å². The smallest absolute Gasteiger partial charge is 0.226 e. The van der Waals surface area contributed by atoms with Crippen LogP contribution in [-0.2, 0) is 9.53 Å². The zero-order valence-corrected chi connectivity index (χ0v) is 23.9. The lowest BCUT2D eigenvalue weighted by Gasteiger charge is -2.29. The van der Waals surface area contributed by atoms with Crippen molar-refractivity contribution < 1.29 is 9.53 Å². The molecular weight excluding hydrogens is 518 g/mol. The number of thiazole rings is 1. The number of anilines is 1. The number of nitrogens with zero attached hydrogens (tertiary/aromatic N) is 4. The minimum Gasteiger partial charge on any atom is -0.360 e. The van der Waals surface area contributed by atoms with Crippen LogP contribution in [0.5, 0.6) is 0 Å². The second-order valence-corrected chi connectivity index (χ2v) is 12.0. The Hall–Kier alpha value is -2.91. The molecule has 7 nitrogen and oxygen atoms in total. The third kappa shape index (κ3) is 5.59. The minimum atomic E-state index is -0.714. The highest BCUT2D eigenvalue weighted by molar-refractivity contribution is 7.22. The first kappa shape index (κ1) is 26.7. The van der Waals surface area contributed by atoms with Crippen LogP contribution >= 0.6 is 22.9 Å². The van der Waals surface area contributed by atoms with Gasteiger partial charge in [0, 0.05) is 48.5 Å². The van der Waals surface area contributed by atoms with Crippen molar-refractivity contribution >= 4 is 44.9 Å². The van der Waals surface area contributed by atoms with Gasteiger partial charge >= 0.3 is 0 Å². The molecule has 1 saturated heterocycles. The number of ketones is 1. The molecule has 0 spiro atoms. The number of hydrogen-bond donors (Lipinski definition) is 1. The van der Waals surface area contributed by atoms with E-state index in [1.54, 1.807) is 24.5 Å². The molecule has 0 radical (unpaired) electrons. The summed E-state index contributed by atoms with van der Waals surface area (Å²) in [5.74, 6) is 0.673. The molecule has 0 amide bonds. The number of aromatic nitrogens is 3. The Morgan fingerprint density at radius 2 is 1.84 bits per heavy atom. The molecule has 38 heavy (non-hydrogen) atoms. The van der Waals surface area contributed by atoms with Crippen LogP contribution < -0.4 is 10.2 Å². The van der Waals surface area contributed by atoms with Gasteiger partial charge in [0.2, 0.25) is 5.95 Å². The number of carbonyl (C=O) groups excluding carboxylic acids is 1. The standard InChI is InChI=1S/C29H32ClN5O2S/c1-17-16-22-26(38-27(33-22)21-10-11-32-28(34-21)35-14-12-31-13-15-35)24(19-6-8-20(30)9-7-19)23(17)25(18(2)36)37-29(3,4)5/h6-11,16,25,31H,12-15H2,1-5H3/t25-/m1/s1. The van der Waals surface area contributed by atoms with Gasteiger partial charge in [-0.05, 0) is 70.0 Å². The van der Waals surface area contributed by atoms with Gasteiger partial charge in [-0.2, -0.15) is 0 Å². The number of Topliss-reactive ketones (excluding diaryl/α,β-unsaturated/α-hetero) is 1. The molecule has 0 saturated carbocycles. The summed E-state index contributed by atoms with van der Waals surface area (Å²) >= 11 is 7.81. The summed E-state index contributed by atoms with van der Waals surface area (Å²) in [4.78, 5) is 29.6. The maximum Gasteiger partial charge on any atom is 0.226 e. The number of nitrogens with one attached hydrogen (secondary N) is 1. The summed E-state index contributed by atoms with van der Waals surface area (Å²) in [5, 5.41) is 4.82. The molecule has 5 rings (SSSR count). The number of hydrogen-bond acceptors (Lipinski definition) is 8. The van der Waals surface area contributed by atoms with E-state index >= 15 is 0 Å². The summed E-state index contributed by atoms with van der Waals surface area (Å²) in [7, 11) is 0. The molecule has 0 unspecified atom stereocenters. The number of ether oxygens (including phenoxy) is 1. The van der Waals surface area contributed by atoms with E-state index in [9.17, 15) is 4.79 Å².